The number of aliphatic hydroxyl groups excluding tert-OH is 1. The summed E-state index contributed by atoms with van der Waals surface area (Å²) >= 11 is 0. The third-order valence-corrected chi connectivity index (χ3v) is 6.73. The Bertz CT molecular complexity index is 980. The Morgan fingerprint density at radius 3 is 2.44 bits per heavy atom. The van der Waals surface area contributed by atoms with Gasteiger partial charge in [0.05, 0.1) is 24.2 Å². The van der Waals surface area contributed by atoms with Gasteiger partial charge < -0.3 is 25.6 Å². The Morgan fingerprint density at radius 1 is 1.12 bits per heavy atom. The molecule has 1 fully saturated rings. The van der Waals surface area contributed by atoms with Gasteiger partial charge in [0.2, 0.25) is 17.5 Å². The number of Topliss-reactive ketones (excluding diaryl/α,β-unsaturated/α-hetero) is 2. The number of ketones is 3. The molecule has 1 unspecified atom stereocenters. The molecular formula is C25H34N2O7. The smallest absolute Gasteiger partial charge is 0.234 e. The van der Waals surface area contributed by atoms with Crippen LogP contribution in [0.5, 0.6) is 0 Å². The third-order valence-electron chi connectivity index (χ3n) is 6.73. The maximum Gasteiger partial charge on any atom is 0.234 e. The molecular weight excluding hydrogens is 440 g/mol. The predicted octanol–water partition coefficient (Wildman–Crippen LogP) is 1.45. The highest BCUT2D eigenvalue weighted by Crippen LogP contribution is 2.31. The van der Waals surface area contributed by atoms with Crippen LogP contribution in [-0.4, -0.2) is 53.0 Å². The number of hydrogen-bond acceptors (Lipinski definition) is 8. The Balaban J connectivity index is 2.04. The predicted molar refractivity (Wildman–Crippen MR) is 123 cm³/mol. The van der Waals surface area contributed by atoms with Gasteiger partial charge in [-0.3, -0.25) is 19.2 Å². The fraction of sp³-hybridized carbons (Fsp3) is 0.600. The number of nitrogens with two attached hydrogens (primary N) is 1. The molecule has 0 aromatic carbocycles. The van der Waals surface area contributed by atoms with E-state index in [0.29, 0.717) is 19.3 Å². The topological polar surface area (TPSA) is 145 Å². The minimum atomic E-state index is -1.02. The standard InChI is InChI=1S/C25H34N2O7/c1-11-8-12(2)22(30)14(4)25(32)27-21-20(26)18(29)10-16(23(21)31)24(13(3)9-11)34-19-7-6-17(28)15(5)33-19/h9-10,12-15,17,19,24,28H,6-8,26H2,1-5H3,(H,27,32)/b11-9+/t12-,13+,14?,15+,17+,19+,24-/m0/s1. The first kappa shape index (κ1) is 26.0. The second-order valence-electron chi connectivity index (χ2n) is 9.64. The summed E-state index contributed by atoms with van der Waals surface area (Å²) in [6, 6.07) is 0. The fourth-order valence-electron chi connectivity index (χ4n) is 4.67. The zero-order valence-electron chi connectivity index (χ0n) is 20.3. The van der Waals surface area contributed by atoms with E-state index in [1.54, 1.807) is 13.8 Å². The van der Waals surface area contributed by atoms with E-state index in [2.05, 4.69) is 5.32 Å². The molecule has 2 heterocycles. The molecule has 0 radical (unpaired) electrons. The van der Waals surface area contributed by atoms with Crippen LogP contribution >= 0.6 is 0 Å². The lowest BCUT2D eigenvalue weighted by Gasteiger charge is -2.36. The van der Waals surface area contributed by atoms with Crippen molar-refractivity contribution < 1.29 is 33.8 Å². The van der Waals surface area contributed by atoms with E-state index < -0.39 is 53.9 Å². The zero-order valence-corrected chi connectivity index (χ0v) is 20.3. The molecule has 3 aliphatic rings. The van der Waals surface area contributed by atoms with Crippen molar-refractivity contribution in [2.24, 2.45) is 23.5 Å². The van der Waals surface area contributed by atoms with Crippen LogP contribution in [0.15, 0.2) is 34.7 Å². The molecule has 0 aromatic rings. The van der Waals surface area contributed by atoms with Gasteiger partial charge in [0.15, 0.2) is 6.29 Å². The number of hydrogen-bond donors (Lipinski definition) is 3. The molecule has 2 bridgehead atoms. The molecule has 34 heavy (non-hydrogen) atoms. The summed E-state index contributed by atoms with van der Waals surface area (Å²) in [6.45, 7) is 8.70. The highest BCUT2D eigenvalue weighted by Gasteiger charge is 2.39. The second kappa shape index (κ2) is 10.3. The van der Waals surface area contributed by atoms with E-state index in [1.807, 2.05) is 19.9 Å². The number of allylic oxidation sites excluding steroid dienone is 3. The van der Waals surface area contributed by atoms with Crippen molar-refractivity contribution in [3.8, 4) is 0 Å². The molecule has 1 saturated heterocycles. The molecule has 1 aliphatic carbocycles. The summed E-state index contributed by atoms with van der Waals surface area (Å²) in [4.78, 5) is 51.7. The van der Waals surface area contributed by atoms with Crippen molar-refractivity contribution in [1.29, 1.82) is 0 Å². The van der Waals surface area contributed by atoms with Crippen molar-refractivity contribution >= 4 is 23.3 Å². The van der Waals surface area contributed by atoms with Crippen LogP contribution in [0.3, 0.4) is 0 Å². The van der Waals surface area contributed by atoms with Crippen LogP contribution in [0.1, 0.15) is 53.9 Å². The molecule has 9 nitrogen and oxygen atoms in total. The Labute approximate surface area is 199 Å². The first-order chi connectivity index (χ1) is 15.9. The minimum absolute atomic E-state index is 0.0553. The van der Waals surface area contributed by atoms with E-state index in [0.717, 1.165) is 11.6 Å². The summed E-state index contributed by atoms with van der Waals surface area (Å²) in [5.74, 6) is -4.03. The van der Waals surface area contributed by atoms with Gasteiger partial charge in [0, 0.05) is 23.8 Å². The summed E-state index contributed by atoms with van der Waals surface area (Å²) in [7, 11) is 0. The van der Waals surface area contributed by atoms with E-state index in [-0.39, 0.29) is 28.7 Å². The largest absolute Gasteiger partial charge is 0.394 e. The van der Waals surface area contributed by atoms with Gasteiger partial charge >= 0.3 is 0 Å². The van der Waals surface area contributed by atoms with Crippen molar-refractivity contribution in [1.82, 2.24) is 5.32 Å². The number of nitrogens with one attached hydrogen (secondary N) is 1. The molecule has 1 amide bonds. The minimum Gasteiger partial charge on any atom is -0.394 e. The van der Waals surface area contributed by atoms with Crippen LogP contribution < -0.4 is 11.1 Å². The van der Waals surface area contributed by atoms with E-state index >= 15 is 0 Å². The number of aliphatic hydroxyl groups is 1. The van der Waals surface area contributed by atoms with Crippen molar-refractivity contribution in [3.05, 3.63) is 34.7 Å². The van der Waals surface area contributed by atoms with Gasteiger partial charge in [0.25, 0.3) is 0 Å². The van der Waals surface area contributed by atoms with Crippen molar-refractivity contribution in [3.63, 3.8) is 0 Å². The quantitative estimate of drug-likeness (QED) is 0.310. The lowest BCUT2D eigenvalue weighted by atomic mass is 9.86. The van der Waals surface area contributed by atoms with Crippen LogP contribution in [0, 0.1) is 17.8 Å². The molecule has 2 aliphatic heterocycles. The number of ether oxygens (including phenoxy) is 2. The average molecular weight is 475 g/mol. The van der Waals surface area contributed by atoms with Crippen molar-refractivity contribution in [2.75, 3.05) is 0 Å². The average Bonchev–Trinajstić information content (AvgIpc) is 2.78. The molecule has 4 N–H and O–H groups in total. The number of carbonyl (C=O) groups excluding carboxylic acids is 4. The van der Waals surface area contributed by atoms with Gasteiger partial charge in [-0.1, -0.05) is 25.5 Å². The maximum absolute atomic E-state index is 13.4. The molecule has 3 rings (SSSR count). The summed E-state index contributed by atoms with van der Waals surface area (Å²) in [5, 5.41) is 12.4. The number of rotatable bonds is 2. The highest BCUT2D eigenvalue weighted by atomic mass is 16.7. The number of fused-ring (bicyclic) bond motifs is 2. The Morgan fingerprint density at radius 2 is 1.79 bits per heavy atom. The molecule has 186 valence electrons. The molecule has 0 spiro atoms. The van der Waals surface area contributed by atoms with Crippen molar-refractivity contribution in [2.45, 2.75) is 78.5 Å². The molecule has 9 heteroatoms. The first-order valence-corrected chi connectivity index (χ1v) is 11.7. The normalized spacial score (nSPS) is 37.6. The van der Waals surface area contributed by atoms with Gasteiger partial charge in [-0.15, -0.1) is 0 Å². The number of carbonyl (C=O) groups is 4. The highest BCUT2D eigenvalue weighted by molar-refractivity contribution is 6.24. The first-order valence-electron chi connectivity index (χ1n) is 11.7. The summed E-state index contributed by atoms with van der Waals surface area (Å²) in [6.07, 6.45) is 1.76. The van der Waals surface area contributed by atoms with E-state index in [9.17, 15) is 24.3 Å². The number of amides is 1. The van der Waals surface area contributed by atoms with E-state index in [4.69, 9.17) is 15.2 Å². The van der Waals surface area contributed by atoms with Gasteiger partial charge in [-0.25, -0.2) is 0 Å². The SMILES string of the molecule is C/C1=C\[C@@H](C)[C@H](O[C@@H]2CC[C@@H](O)[C@@H](C)O2)C2=CC(=O)C(N)=C(NC(=O)C(C)C(=O)[C@@H](C)C1)C2=O. The lowest BCUT2D eigenvalue weighted by molar-refractivity contribution is -0.233. The fourth-order valence-corrected chi connectivity index (χ4v) is 4.67. The Hall–Kier alpha value is -2.62. The van der Waals surface area contributed by atoms with Crippen LogP contribution in [-0.2, 0) is 28.7 Å². The zero-order chi connectivity index (χ0) is 25.3. The van der Waals surface area contributed by atoms with Gasteiger partial charge in [-0.05, 0) is 39.7 Å². The molecule has 7 atom stereocenters. The van der Waals surface area contributed by atoms with Crippen LogP contribution in [0.2, 0.25) is 0 Å². The lowest BCUT2D eigenvalue weighted by Crippen LogP contribution is -2.44. The molecule has 0 saturated carbocycles. The Kier molecular flexibility index (Phi) is 7.90. The van der Waals surface area contributed by atoms with Gasteiger partial charge in [-0.2, -0.15) is 0 Å². The monoisotopic (exact) mass is 474 g/mol. The van der Waals surface area contributed by atoms with E-state index in [1.165, 1.54) is 6.92 Å². The van der Waals surface area contributed by atoms with Crippen LogP contribution in [0.4, 0.5) is 0 Å². The molecule has 0 aromatic heterocycles. The maximum atomic E-state index is 13.4. The summed E-state index contributed by atoms with van der Waals surface area (Å²) in [5.41, 5.74) is 6.11. The second-order valence-corrected chi connectivity index (χ2v) is 9.64. The summed E-state index contributed by atoms with van der Waals surface area (Å²) < 4.78 is 12.0. The van der Waals surface area contributed by atoms with Gasteiger partial charge in [0.1, 0.15) is 17.2 Å². The third kappa shape index (κ3) is 5.37. The van der Waals surface area contributed by atoms with Crippen LogP contribution in [0.25, 0.3) is 0 Å².